The van der Waals surface area contributed by atoms with E-state index in [2.05, 4.69) is 10.3 Å². The Morgan fingerprint density at radius 1 is 1.28 bits per heavy atom. The Balaban J connectivity index is 1.69. The molecule has 1 aliphatic heterocycles. The lowest BCUT2D eigenvalue weighted by atomic mass is 9.80. The molecular formula is C17H19N3O5. The van der Waals surface area contributed by atoms with Crippen LogP contribution in [0.5, 0.6) is 0 Å². The second-order valence-electron chi connectivity index (χ2n) is 6.17. The van der Waals surface area contributed by atoms with Gasteiger partial charge in [0.05, 0.1) is 22.6 Å². The number of carboxylic acids is 1. The molecule has 2 heterocycles. The third-order valence-electron chi connectivity index (χ3n) is 4.57. The molecular weight excluding hydrogens is 326 g/mol. The smallest absolute Gasteiger partial charge is 0.311 e. The van der Waals surface area contributed by atoms with E-state index in [0.29, 0.717) is 37.0 Å². The van der Waals surface area contributed by atoms with Crippen molar-refractivity contribution >= 4 is 22.8 Å². The van der Waals surface area contributed by atoms with Crippen LogP contribution in [0.4, 0.5) is 0 Å². The van der Waals surface area contributed by atoms with E-state index in [1.165, 1.54) is 10.9 Å². The zero-order valence-corrected chi connectivity index (χ0v) is 13.6. The molecule has 0 aliphatic carbocycles. The number of carboxylic acid groups (broad SMARTS) is 1. The summed E-state index contributed by atoms with van der Waals surface area (Å²) < 4.78 is 6.42. The van der Waals surface area contributed by atoms with Crippen LogP contribution < -0.4 is 10.9 Å². The first-order valence-electron chi connectivity index (χ1n) is 8.04. The minimum absolute atomic E-state index is 0.0142. The second-order valence-corrected chi connectivity index (χ2v) is 6.17. The summed E-state index contributed by atoms with van der Waals surface area (Å²) in [6.45, 7) is 0.523. The van der Waals surface area contributed by atoms with Crippen molar-refractivity contribution < 1.29 is 19.4 Å². The van der Waals surface area contributed by atoms with Crippen LogP contribution in [0, 0.1) is 5.41 Å². The van der Waals surface area contributed by atoms with Crippen molar-refractivity contribution in [3.05, 3.63) is 40.9 Å². The van der Waals surface area contributed by atoms with Crippen LogP contribution in [0.2, 0.25) is 0 Å². The molecule has 132 valence electrons. The number of ether oxygens (including phenoxy) is 1. The molecule has 8 heteroatoms. The van der Waals surface area contributed by atoms with Gasteiger partial charge in [-0.25, -0.2) is 4.98 Å². The molecule has 25 heavy (non-hydrogen) atoms. The number of aliphatic carboxylic acids is 1. The van der Waals surface area contributed by atoms with E-state index in [9.17, 15) is 19.5 Å². The number of rotatable bonds is 5. The third kappa shape index (κ3) is 3.53. The van der Waals surface area contributed by atoms with Gasteiger partial charge in [-0.3, -0.25) is 19.0 Å². The molecule has 2 N–H and O–H groups in total. The Hall–Kier alpha value is -2.74. The standard InChI is InChI=1S/C17H19N3O5/c21-14(18-10-17(16(23)24)5-7-25-8-6-17)9-20-11-19-13-4-2-1-3-12(13)15(20)22/h1-4,11H,5-10H2,(H,18,21)(H,23,24). The summed E-state index contributed by atoms with van der Waals surface area (Å²) in [5.41, 5.74) is -0.753. The molecule has 8 nitrogen and oxygen atoms in total. The fourth-order valence-electron chi connectivity index (χ4n) is 2.93. The highest BCUT2D eigenvalue weighted by Gasteiger charge is 2.40. The number of fused-ring (bicyclic) bond motifs is 1. The van der Waals surface area contributed by atoms with Crippen molar-refractivity contribution in [2.45, 2.75) is 19.4 Å². The van der Waals surface area contributed by atoms with Crippen molar-refractivity contribution in [1.29, 1.82) is 0 Å². The second kappa shape index (κ2) is 7.02. The van der Waals surface area contributed by atoms with Crippen molar-refractivity contribution in [1.82, 2.24) is 14.9 Å². The van der Waals surface area contributed by atoms with Crippen molar-refractivity contribution in [3.63, 3.8) is 0 Å². The van der Waals surface area contributed by atoms with Gasteiger partial charge in [-0.15, -0.1) is 0 Å². The number of carbonyl (C=O) groups excluding carboxylic acids is 1. The number of hydrogen-bond acceptors (Lipinski definition) is 5. The molecule has 0 bridgehead atoms. The molecule has 0 radical (unpaired) electrons. The Morgan fingerprint density at radius 2 is 2.00 bits per heavy atom. The van der Waals surface area contributed by atoms with Gasteiger partial charge in [0, 0.05) is 19.8 Å². The molecule has 0 unspecified atom stereocenters. The zero-order chi connectivity index (χ0) is 17.9. The van der Waals surface area contributed by atoms with Crippen molar-refractivity contribution in [2.75, 3.05) is 19.8 Å². The first-order valence-corrected chi connectivity index (χ1v) is 8.04. The summed E-state index contributed by atoms with van der Waals surface area (Å²) in [5.74, 6) is -1.37. The highest BCUT2D eigenvalue weighted by Crippen LogP contribution is 2.30. The number of nitrogens with zero attached hydrogens (tertiary/aromatic N) is 2. The van der Waals surface area contributed by atoms with Gasteiger partial charge in [-0.2, -0.15) is 0 Å². The largest absolute Gasteiger partial charge is 0.481 e. The first-order chi connectivity index (χ1) is 12.0. The number of para-hydroxylation sites is 1. The molecule has 0 saturated carbocycles. The van der Waals surface area contributed by atoms with Gasteiger partial charge >= 0.3 is 5.97 Å². The van der Waals surface area contributed by atoms with Crippen LogP contribution in [0.3, 0.4) is 0 Å². The number of aromatic nitrogens is 2. The SMILES string of the molecule is O=C(Cn1cnc2ccccc2c1=O)NCC1(C(=O)O)CCOCC1. The van der Waals surface area contributed by atoms with Crippen LogP contribution in [0.25, 0.3) is 10.9 Å². The van der Waals surface area contributed by atoms with Gasteiger partial charge in [-0.1, -0.05) is 12.1 Å². The van der Waals surface area contributed by atoms with Crippen LogP contribution in [0.15, 0.2) is 35.4 Å². The average Bonchev–Trinajstić information content (AvgIpc) is 2.63. The molecule has 1 saturated heterocycles. The molecule has 0 atom stereocenters. The number of benzene rings is 1. The van der Waals surface area contributed by atoms with E-state index in [-0.39, 0.29) is 18.6 Å². The van der Waals surface area contributed by atoms with E-state index in [1.54, 1.807) is 24.3 Å². The molecule has 0 spiro atoms. The summed E-state index contributed by atoms with van der Waals surface area (Å²) in [6, 6.07) is 6.89. The lowest BCUT2D eigenvalue weighted by Gasteiger charge is -2.33. The quantitative estimate of drug-likeness (QED) is 0.811. The maximum Gasteiger partial charge on any atom is 0.311 e. The number of amides is 1. The van der Waals surface area contributed by atoms with Gasteiger partial charge < -0.3 is 15.2 Å². The lowest BCUT2D eigenvalue weighted by Crippen LogP contribution is -2.47. The monoisotopic (exact) mass is 345 g/mol. The van der Waals surface area contributed by atoms with Crippen molar-refractivity contribution in [3.8, 4) is 0 Å². The fourth-order valence-corrected chi connectivity index (χ4v) is 2.93. The number of nitrogens with one attached hydrogen (secondary N) is 1. The number of hydrogen-bond donors (Lipinski definition) is 2. The summed E-state index contributed by atoms with van der Waals surface area (Å²) in [6.07, 6.45) is 2.02. The van der Waals surface area contributed by atoms with Crippen LogP contribution in [0.1, 0.15) is 12.8 Å². The van der Waals surface area contributed by atoms with E-state index in [0.717, 1.165) is 0 Å². The molecule has 1 aromatic heterocycles. The maximum absolute atomic E-state index is 12.4. The predicted octanol–water partition coefficient (Wildman–Crippen LogP) is 0.394. The van der Waals surface area contributed by atoms with Crippen LogP contribution >= 0.6 is 0 Å². The van der Waals surface area contributed by atoms with Gasteiger partial charge in [0.25, 0.3) is 5.56 Å². The van der Waals surface area contributed by atoms with Crippen LogP contribution in [-0.4, -0.2) is 46.3 Å². The Labute approximate surface area is 143 Å². The molecule has 1 aliphatic rings. The van der Waals surface area contributed by atoms with Gasteiger partial charge in [-0.05, 0) is 25.0 Å². The minimum Gasteiger partial charge on any atom is -0.481 e. The highest BCUT2D eigenvalue weighted by molar-refractivity contribution is 5.80. The van der Waals surface area contributed by atoms with Gasteiger partial charge in [0.15, 0.2) is 0 Å². The fraction of sp³-hybridized carbons (Fsp3) is 0.412. The van der Waals surface area contributed by atoms with Gasteiger partial charge in [0.2, 0.25) is 5.91 Å². The Morgan fingerprint density at radius 3 is 2.72 bits per heavy atom. The lowest BCUT2D eigenvalue weighted by molar-refractivity contribution is -0.154. The Bertz CT molecular complexity index is 855. The zero-order valence-electron chi connectivity index (χ0n) is 13.6. The summed E-state index contributed by atoms with van der Waals surface area (Å²) >= 11 is 0. The van der Waals surface area contributed by atoms with Gasteiger partial charge in [0.1, 0.15) is 6.54 Å². The summed E-state index contributed by atoms with van der Waals surface area (Å²) in [4.78, 5) is 40.3. The third-order valence-corrected chi connectivity index (χ3v) is 4.57. The van der Waals surface area contributed by atoms with E-state index >= 15 is 0 Å². The van der Waals surface area contributed by atoms with E-state index < -0.39 is 17.3 Å². The molecule has 2 aromatic rings. The molecule has 1 aromatic carbocycles. The Kier molecular flexibility index (Phi) is 4.80. The minimum atomic E-state index is -1.01. The number of carbonyl (C=O) groups is 2. The maximum atomic E-state index is 12.4. The predicted molar refractivity (Wildman–Crippen MR) is 89.1 cm³/mol. The first kappa shape index (κ1) is 17.1. The van der Waals surface area contributed by atoms with E-state index in [4.69, 9.17) is 4.74 Å². The summed E-state index contributed by atoms with van der Waals surface area (Å²) in [5, 5.41) is 12.6. The van der Waals surface area contributed by atoms with Crippen LogP contribution in [-0.2, 0) is 20.9 Å². The average molecular weight is 345 g/mol. The topological polar surface area (TPSA) is 111 Å². The molecule has 1 amide bonds. The normalized spacial score (nSPS) is 16.5. The van der Waals surface area contributed by atoms with E-state index in [1.807, 2.05) is 0 Å². The van der Waals surface area contributed by atoms with Crippen molar-refractivity contribution in [2.24, 2.45) is 5.41 Å². The molecule has 3 rings (SSSR count). The highest BCUT2D eigenvalue weighted by atomic mass is 16.5. The molecule has 1 fully saturated rings. The summed E-state index contributed by atoms with van der Waals surface area (Å²) in [7, 11) is 0.